The van der Waals surface area contributed by atoms with Gasteiger partial charge in [0.1, 0.15) is 12.3 Å². The van der Waals surface area contributed by atoms with Crippen molar-refractivity contribution >= 4 is 43.8 Å². The summed E-state index contributed by atoms with van der Waals surface area (Å²) in [6, 6.07) is 16.3. The Kier molecular flexibility index (Phi) is 7.27. The Hall–Kier alpha value is -3.57. The third kappa shape index (κ3) is 5.57. The number of hydrogen-bond donors (Lipinski definition) is 1. The predicted molar refractivity (Wildman–Crippen MR) is 135 cm³/mol. The molecular formula is C24H22BrN3O6S. The van der Waals surface area contributed by atoms with Crippen LogP contribution >= 0.6 is 15.9 Å². The summed E-state index contributed by atoms with van der Waals surface area (Å²) in [6.45, 7) is 1.50. The molecule has 0 aliphatic carbocycles. The van der Waals surface area contributed by atoms with Gasteiger partial charge in [0.05, 0.1) is 23.9 Å². The zero-order valence-electron chi connectivity index (χ0n) is 18.9. The van der Waals surface area contributed by atoms with Crippen molar-refractivity contribution < 1.29 is 27.4 Å². The molecule has 0 radical (unpaired) electrons. The van der Waals surface area contributed by atoms with Gasteiger partial charge in [-0.25, -0.2) is 13.8 Å². The molecule has 182 valence electrons. The molecule has 1 aliphatic rings. The number of anilines is 1. The normalized spacial score (nSPS) is 12.5. The number of sulfonamides is 1. The summed E-state index contributed by atoms with van der Waals surface area (Å²) >= 11 is 3.42. The molecule has 0 aromatic heterocycles. The van der Waals surface area contributed by atoms with E-state index in [0.717, 1.165) is 9.87 Å². The summed E-state index contributed by atoms with van der Waals surface area (Å²) < 4.78 is 44.5. The van der Waals surface area contributed by atoms with Gasteiger partial charge in [-0.1, -0.05) is 23.8 Å². The molecule has 0 saturated heterocycles. The molecule has 0 saturated carbocycles. The number of benzene rings is 3. The standard InChI is InChI=1S/C24H22BrN3O6S/c1-16-6-8-20(9-7-16)35(30,31)28(18-4-3-5-19(11-18)32-2)14-24(29)27-26-13-17-10-22-23(12-21(17)25)34-15-33-22/h3-13H,14-15H2,1-2H3,(H,27,29)/b26-13-. The Morgan fingerprint density at radius 2 is 1.86 bits per heavy atom. The minimum atomic E-state index is -4.05. The fourth-order valence-electron chi connectivity index (χ4n) is 3.29. The molecule has 0 atom stereocenters. The fourth-order valence-corrected chi connectivity index (χ4v) is 5.13. The van der Waals surface area contributed by atoms with E-state index in [-0.39, 0.29) is 17.4 Å². The lowest BCUT2D eigenvalue weighted by Crippen LogP contribution is -2.39. The molecule has 1 amide bonds. The summed E-state index contributed by atoms with van der Waals surface area (Å²) in [5.41, 5.74) is 4.23. The van der Waals surface area contributed by atoms with Crippen LogP contribution in [0.25, 0.3) is 0 Å². The van der Waals surface area contributed by atoms with Crippen molar-refractivity contribution in [3.63, 3.8) is 0 Å². The van der Waals surface area contributed by atoms with Gasteiger partial charge in [-0.05, 0) is 59.3 Å². The SMILES string of the molecule is COc1cccc(N(CC(=O)N/N=C\c2cc3c(cc2Br)OCO3)S(=O)(=O)c2ccc(C)cc2)c1. The van der Waals surface area contributed by atoms with Crippen LogP contribution in [0.5, 0.6) is 17.2 Å². The first-order valence-electron chi connectivity index (χ1n) is 10.4. The van der Waals surface area contributed by atoms with E-state index in [4.69, 9.17) is 14.2 Å². The lowest BCUT2D eigenvalue weighted by atomic mass is 10.2. The minimum absolute atomic E-state index is 0.0616. The maximum Gasteiger partial charge on any atom is 0.264 e. The first-order chi connectivity index (χ1) is 16.8. The van der Waals surface area contributed by atoms with Crippen molar-refractivity contribution in [3.8, 4) is 17.2 Å². The van der Waals surface area contributed by atoms with E-state index in [0.29, 0.717) is 27.3 Å². The average Bonchev–Trinajstić information content (AvgIpc) is 3.30. The first kappa shape index (κ1) is 24.6. The Balaban J connectivity index is 1.56. The number of methoxy groups -OCH3 is 1. The Morgan fingerprint density at radius 1 is 1.14 bits per heavy atom. The Morgan fingerprint density at radius 3 is 2.57 bits per heavy atom. The molecule has 3 aromatic rings. The number of carbonyl (C=O) groups is 1. The third-order valence-corrected chi connectivity index (χ3v) is 7.60. The van der Waals surface area contributed by atoms with Crippen LogP contribution in [0.15, 0.2) is 75.1 Å². The number of halogens is 1. The molecule has 1 aliphatic heterocycles. The van der Waals surface area contributed by atoms with Crippen molar-refractivity contribution in [3.05, 3.63) is 76.3 Å². The van der Waals surface area contributed by atoms with E-state index in [1.54, 1.807) is 48.5 Å². The van der Waals surface area contributed by atoms with Gasteiger partial charge in [0.25, 0.3) is 15.9 Å². The van der Waals surface area contributed by atoms with Gasteiger partial charge in [0.15, 0.2) is 11.5 Å². The lowest BCUT2D eigenvalue weighted by molar-refractivity contribution is -0.119. The number of carbonyl (C=O) groups excluding carboxylic acids is 1. The van der Waals surface area contributed by atoms with Crippen LogP contribution in [0.3, 0.4) is 0 Å². The number of amides is 1. The van der Waals surface area contributed by atoms with Crippen LogP contribution in [0, 0.1) is 6.92 Å². The van der Waals surface area contributed by atoms with Crippen molar-refractivity contribution in [2.24, 2.45) is 5.10 Å². The smallest absolute Gasteiger partial charge is 0.264 e. The zero-order valence-corrected chi connectivity index (χ0v) is 21.3. The second kappa shape index (κ2) is 10.4. The van der Waals surface area contributed by atoms with Gasteiger partial charge in [-0.3, -0.25) is 9.10 Å². The fraction of sp³-hybridized carbons (Fsp3) is 0.167. The Bertz CT molecular complexity index is 1380. The number of aryl methyl sites for hydroxylation is 1. The molecular weight excluding hydrogens is 538 g/mol. The number of rotatable bonds is 8. The van der Waals surface area contributed by atoms with E-state index in [9.17, 15) is 13.2 Å². The summed E-state index contributed by atoms with van der Waals surface area (Å²) in [6.07, 6.45) is 1.42. The van der Waals surface area contributed by atoms with Crippen molar-refractivity contribution in [2.45, 2.75) is 11.8 Å². The van der Waals surface area contributed by atoms with Gasteiger partial charge in [0, 0.05) is 16.1 Å². The number of nitrogens with one attached hydrogen (secondary N) is 1. The van der Waals surface area contributed by atoms with Crippen molar-refractivity contribution in [1.29, 1.82) is 0 Å². The highest BCUT2D eigenvalue weighted by molar-refractivity contribution is 9.10. The molecule has 3 aromatic carbocycles. The summed E-state index contributed by atoms with van der Waals surface area (Å²) in [5, 5.41) is 3.98. The molecule has 0 bridgehead atoms. The highest BCUT2D eigenvalue weighted by Gasteiger charge is 2.27. The number of ether oxygens (including phenoxy) is 3. The summed E-state index contributed by atoms with van der Waals surface area (Å²) in [5.74, 6) is 0.997. The molecule has 4 rings (SSSR count). The maximum atomic E-state index is 13.5. The minimum Gasteiger partial charge on any atom is -0.497 e. The van der Waals surface area contributed by atoms with E-state index >= 15 is 0 Å². The molecule has 0 fully saturated rings. The van der Waals surface area contributed by atoms with Crippen molar-refractivity contribution in [2.75, 3.05) is 24.8 Å². The summed E-state index contributed by atoms with van der Waals surface area (Å²) in [7, 11) is -2.57. The van der Waals surface area contributed by atoms with Gasteiger partial charge in [0.2, 0.25) is 6.79 Å². The van der Waals surface area contributed by atoms with Crippen LogP contribution in [0.4, 0.5) is 5.69 Å². The predicted octanol–water partition coefficient (Wildman–Crippen LogP) is 3.84. The second-order valence-electron chi connectivity index (χ2n) is 7.55. The highest BCUT2D eigenvalue weighted by Crippen LogP contribution is 2.36. The summed E-state index contributed by atoms with van der Waals surface area (Å²) in [4.78, 5) is 12.8. The zero-order chi connectivity index (χ0) is 25.0. The average molecular weight is 560 g/mol. The van der Waals surface area contributed by atoms with Crippen LogP contribution in [0.1, 0.15) is 11.1 Å². The lowest BCUT2D eigenvalue weighted by Gasteiger charge is -2.24. The first-order valence-corrected chi connectivity index (χ1v) is 12.7. The quantitative estimate of drug-likeness (QED) is 0.332. The number of hydrogen-bond acceptors (Lipinski definition) is 7. The Labute approximate surface area is 211 Å². The number of nitrogens with zero attached hydrogens (tertiary/aromatic N) is 2. The molecule has 0 unspecified atom stereocenters. The largest absolute Gasteiger partial charge is 0.497 e. The molecule has 1 heterocycles. The van der Waals surface area contributed by atoms with Gasteiger partial charge in [-0.15, -0.1) is 0 Å². The van der Waals surface area contributed by atoms with E-state index in [2.05, 4.69) is 26.5 Å². The molecule has 0 spiro atoms. The van der Waals surface area contributed by atoms with E-state index in [1.165, 1.54) is 25.5 Å². The second-order valence-corrected chi connectivity index (χ2v) is 10.3. The number of hydrazone groups is 1. The van der Waals surface area contributed by atoms with E-state index in [1.807, 2.05) is 6.92 Å². The molecule has 11 heteroatoms. The van der Waals surface area contributed by atoms with Crippen LogP contribution in [-0.2, 0) is 14.8 Å². The molecule has 1 N–H and O–H groups in total. The van der Waals surface area contributed by atoms with Crippen molar-refractivity contribution in [1.82, 2.24) is 5.43 Å². The van der Waals surface area contributed by atoms with E-state index < -0.39 is 22.5 Å². The molecule has 9 nitrogen and oxygen atoms in total. The number of fused-ring (bicyclic) bond motifs is 1. The van der Waals surface area contributed by atoms with Crippen LogP contribution < -0.4 is 23.9 Å². The van der Waals surface area contributed by atoms with Gasteiger partial charge >= 0.3 is 0 Å². The van der Waals surface area contributed by atoms with Crippen LogP contribution in [0.2, 0.25) is 0 Å². The topological polar surface area (TPSA) is 107 Å². The van der Waals surface area contributed by atoms with Gasteiger partial charge in [-0.2, -0.15) is 5.10 Å². The third-order valence-electron chi connectivity index (χ3n) is 5.12. The van der Waals surface area contributed by atoms with Crippen LogP contribution in [-0.4, -0.2) is 41.0 Å². The maximum absolute atomic E-state index is 13.5. The van der Waals surface area contributed by atoms with Gasteiger partial charge < -0.3 is 14.2 Å². The molecule has 35 heavy (non-hydrogen) atoms. The monoisotopic (exact) mass is 559 g/mol. The highest BCUT2D eigenvalue weighted by atomic mass is 79.9.